The van der Waals surface area contributed by atoms with Crippen molar-refractivity contribution in [3.8, 4) is 11.6 Å². The fraction of sp³-hybridized carbons (Fsp3) is 0.0588. The Morgan fingerprint density at radius 1 is 1.14 bits per heavy atom. The lowest BCUT2D eigenvalue weighted by atomic mass is 9.80. The Morgan fingerprint density at radius 3 is 2.64 bits per heavy atom. The van der Waals surface area contributed by atoms with Gasteiger partial charge in [-0.15, -0.1) is 16.0 Å². The van der Waals surface area contributed by atoms with Crippen molar-refractivity contribution in [2.24, 2.45) is 11.7 Å². The second-order valence-electron chi connectivity index (χ2n) is 5.86. The number of carbonyl (C=O) groups is 1. The largest absolute Gasteiger partial charge is 0.472 e. The summed E-state index contributed by atoms with van der Waals surface area (Å²) in [5.74, 6) is 11.3. The number of urea groups is 1. The SMILES string of the molecule is [B]c1ccc(-n2ccc(OCc3c([B])cccc3N(N)C(=O)NN)n2)cc1[B]. The summed E-state index contributed by atoms with van der Waals surface area (Å²) in [6.45, 7) is 0.0362. The second kappa shape index (κ2) is 8.24. The Hall–Kier alpha value is -3.17. The lowest BCUT2D eigenvalue weighted by Crippen LogP contribution is -2.48. The lowest BCUT2D eigenvalue weighted by molar-refractivity contribution is 0.246. The summed E-state index contributed by atoms with van der Waals surface area (Å²) in [5, 5.41) is 5.19. The highest BCUT2D eigenvalue weighted by Crippen LogP contribution is 2.19. The summed E-state index contributed by atoms with van der Waals surface area (Å²) in [6.07, 6.45) is 1.71. The van der Waals surface area contributed by atoms with Crippen LogP contribution >= 0.6 is 0 Å². The number of nitrogens with zero attached hydrogens (tertiary/aromatic N) is 3. The van der Waals surface area contributed by atoms with Crippen LogP contribution in [-0.2, 0) is 6.61 Å². The molecule has 0 bridgehead atoms. The summed E-state index contributed by atoms with van der Waals surface area (Å²) in [4.78, 5) is 11.7. The van der Waals surface area contributed by atoms with Gasteiger partial charge in [0.05, 0.1) is 11.4 Å². The van der Waals surface area contributed by atoms with Crippen molar-refractivity contribution >= 4 is 51.6 Å². The minimum Gasteiger partial charge on any atom is -0.472 e. The monoisotopic (exact) mass is 368 g/mol. The molecule has 11 heteroatoms. The number of ether oxygens (including phenoxy) is 1. The number of hydrazine groups is 2. The van der Waals surface area contributed by atoms with Crippen molar-refractivity contribution in [1.82, 2.24) is 15.2 Å². The van der Waals surface area contributed by atoms with E-state index >= 15 is 0 Å². The molecule has 0 spiro atoms. The number of hydrogen-bond donors (Lipinski definition) is 3. The van der Waals surface area contributed by atoms with Gasteiger partial charge < -0.3 is 4.74 Å². The fourth-order valence-corrected chi connectivity index (χ4v) is 2.53. The van der Waals surface area contributed by atoms with Gasteiger partial charge in [-0.3, -0.25) is 5.43 Å². The maximum Gasteiger partial charge on any atom is 0.350 e. The van der Waals surface area contributed by atoms with Crippen LogP contribution in [-0.4, -0.2) is 39.4 Å². The van der Waals surface area contributed by atoms with Crippen molar-refractivity contribution in [3.05, 3.63) is 54.2 Å². The van der Waals surface area contributed by atoms with Gasteiger partial charge in [0.25, 0.3) is 0 Å². The molecule has 1 heterocycles. The number of benzene rings is 2. The first-order valence-electron chi connectivity index (χ1n) is 8.17. The summed E-state index contributed by atoms with van der Waals surface area (Å²) in [7, 11) is 17.6. The molecule has 3 rings (SSSR count). The first-order valence-corrected chi connectivity index (χ1v) is 8.17. The third-order valence-corrected chi connectivity index (χ3v) is 4.05. The van der Waals surface area contributed by atoms with Crippen LogP contribution < -0.4 is 43.2 Å². The molecule has 3 aromatic rings. The zero-order valence-electron chi connectivity index (χ0n) is 14.9. The highest BCUT2D eigenvalue weighted by Gasteiger charge is 2.16. The zero-order chi connectivity index (χ0) is 20.3. The van der Waals surface area contributed by atoms with E-state index in [0.717, 1.165) is 10.7 Å². The lowest BCUT2D eigenvalue weighted by Gasteiger charge is -2.21. The molecule has 1 aromatic heterocycles. The second-order valence-corrected chi connectivity index (χ2v) is 5.86. The number of amides is 2. The predicted molar refractivity (Wildman–Crippen MR) is 110 cm³/mol. The highest BCUT2D eigenvalue weighted by atomic mass is 16.5. The number of aromatic nitrogens is 2. The Kier molecular flexibility index (Phi) is 5.77. The minimum atomic E-state index is -0.697. The number of hydrogen-bond acceptors (Lipinski definition) is 5. The van der Waals surface area contributed by atoms with E-state index in [1.54, 1.807) is 53.3 Å². The van der Waals surface area contributed by atoms with Crippen molar-refractivity contribution < 1.29 is 9.53 Å². The van der Waals surface area contributed by atoms with Gasteiger partial charge in [-0.1, -0.05) is 23.7 Å². The highest BCUT2D eigenvalue weighted by molar-refractivity contribution is 6.48. The molecule has 8 nitrogen and oxygen atoms in total. The number of rotatable bonds is 5. The van der Waals surface area contributed by atoms with Crippen LogP contribution in [0, 0.1) is 0 Å². The van der Waals surface area contributed by atoms with E-state index in [9.17, 15) is 4.79 Å². The van der Waals surface area contributed by atoms with Gasteiger partial charge >= 0.3 is 6.03 Å². The molecule has 0 aliphatic heterocycles. The van der Waals surface area contributed by atoms with Crippen LogP contribution in [0.25, 0.3) is 5.69 Å². The normalized spacial score (nSPS) is 10.5. The summed E-state index contributed by atoms with van der Waals surface area (Å²) >= 11 is 0. The molecule has 2 amide bonds. The van der Waals surface area contributed by atoms with E-state index in [1.165, 1.54) is 0 Å². The van der Waals surface area contributed by atoms with E-state index in [1.807, 2.05) is 5.43 Å². The van der Waals surface area contributed by atoms with Gasteiger partial charge in [0.2, 0.25) is 5.88 Å². The molecule has 5 N–H and O–H groups in total. The molecule has 0 saturated heterocycles. The van der Waals surface area contributed by atoms with Crippen LogP contribution in [0.5, 0.6) is 5.88 Å². The van der Waals surface area contributed by atoms with Crippen LogP contribution in [0.1, 0.15) is 5.56 Å². The van der Waals surface area contributed by atoms with Crippen molar-refractivity contribution in [1.29, 1.82) is 0 Å². The van der Waals surface area contributed by atoms with Crippen LogP contribution in [0.3, 0.4) is 0 Å². The number of anilines is 1. The van der Waals surface area contributed by atoms with Crippen LogP contribution in [0.4, 0.5) is 10.5 Å². The average molecular weight is 368 g/mol. The molecule has 0 aliphatic carbocycles. The van der Waals surface area contributed by atoms with Crippen LogP contribution in [0.2, 0.25) is 0 Å². The molecule has 0 aliphatic rings. The summed E-state index contributed by atoms with van der Waals surface area (Å²) in [5.41, 5.74) is 4.91. The van der Waals surface area contributed by atoms with Gasteiger partial charge in [0.1, 0.15) is 30.1 Å². The quantitative estimate of drug-likeness (QED) is 0.211. The molecular formula is C17H15B3N6O2. The maximum atomic E-state index is 11.7. The smallest absolute Gasteiger partial charge is 0.350 e. The topological polar surface area (TPSA) is 111 Å². The van der Waals surface area contributed by atoms with Crippen molar-refractivity contribution in [3.63, 3.8) is 0 Å². The summed E-state index contributed by atoms with van der Waals surface area (Å²) < 4.78 is 7.31. The molecule has 0 fully saturated rings. The van der Waals surface area contributed by atoms with Gasteiger partial charge in [-0.05, 0) is 18.2 Å². The Labute approximate surface area is 166 Å². The number of nitrogens with one attached hydrogen (secondary N) is 1. The predicted octanol–water partition coefficient (Wildman–Crippen LogP) is -1.90. The molecule has 0 atom stereocenters. The Bertz CT molecular complexity index is 1010. The molecule has 28 heavy (non-hydrogen) atoms. The number of nitrogens with two attached hydrogens (primary N) is 2. The van der Waals surface area contributed by atoms with Crippen molar-refractivity contribution in [2.45, 2.75) is 6.61 Å². The average Bonchev–Trinajstić information content (AvgIpc) is 3.16. The third kappa shape index (κ3) is 4.05. The van der Waals surface area contributed by atoms with Gasteiger partial charge in [-0.2, -0.15) is 0 Å². The Balaban J connectivity index is 1.79. The van der Waals surface area contributed by atoms with E-state index in [4.69, 9.17) is 40.0 Å². The van der Waals surface area contributed by atoms with E-state index in [-0.39, 0.29) is 6.61 Å². The van der Waals surface area contributed by atoms with E-state index < -0.39 is 6.03 Å². The first-order chi connectivity index (χ1) is 13.4. The molecular weight excluding hydrogens is 353 g/mol. The molecule has 0 unspecified atom stereocenters. The van der Waals surface area contributed by atoms with E-state index in [0.29, 0.717) is 33.5 Å². The Morgan fingerprint density at radius 2 is 1.93 bits per heavy atom. The minimum absolute atomic E-state index is 0.0362. The van der Waals surface area contributed by atoms with Gasteiger partial charge in [0, 0.05) is 17.8 Å². The third-order valence-electron chi connectivity index (χ3n) is 4.05. The maximum absolute atomic E-state index is 11.7. The molecule has 6 radical (unpaired) electrons. The van der Waals surface area contributed by atoms with Crippen molar-refractivity contribution in [2.75, 3.05) is 5.01 Å². The van der Waals surface area contributed by atoms with Crippen LogP contribution in [0.15, 0.2) is 48.7 Å². The first kappa shape index (κ1) is 19.6. The standard InChI is InChI=1S/C17H15B3N6O2/c18-12-2-1-3-15(26(22)17(27)23-21)11(12)9-28-16-6-7-25(24-16)10-4-5-13(19)14(20)8-10/h1-8H,9,21-22H2,(H,23,27). The zero-order valence-corrected chi connectivity index (χ0v) is 14.9. The van der Waals surface area contributed by atoms with Gasteiger partial charge in [-0.25, -0.2) is 26.2 Å². The molecule has 0 saturated carbocycles. The van der Waals surface area contributed by atoms with Gasteiger partial charge in [0.15, 0.2) is 0 Å². The fourth-order valence-electron chi connectivity index (χ4n) is 2.53. The molecule has 134 valence electrons. The summed E-state index contributed by atoms with van der Waals surface area (Å²) in [6, 6.07) is 11.1. The van der Waals surface area contributed by atoms with E-state index in [2.05, 4.69) is 5.10 Å². The molecule has 2 aromatic carbocycles. The number of carbonyl (C=O) groups excluding carboxylic acids is 1.